The highest BCUT2D eigenvalue weighted by atomic mass is 16.5. The van der Waals surface area contributed by atoms with Gasteiger partial charge in [0.25, 0.3) is 0 Å². The molecule has 0 radical (unpaired) electrons. The zero-order chi connectivity index (χ0) is 15.0. The standard InChI is InChI=1S/C16H27NO3/c1-5-14(11-18)17-10-13-7-8-15(20-12(3)4)16(9-13)19-6-2/h7-9,12,14,17-18H,5-6,10-11H2,1-4H3/t14-/m1/s1. The molecule has 114 valence electrons. The minimum atomic E-state index is 0.122. The Morgan fingerprint density at radius 1 is 1.20 bits per heavy atom. The van der Waals surface area contributed by atoms with E-state index in [1.807, 2.05) is 39.0 Å². The number of aliphatic hydroxyl groups excluding tert-OH is 1. The van der Waals surface area contributed by atoms with Crippen LogP contribution in [-0.2, 0) is 6.54 Å². The second-order valence-corrected chi connectivity index (χ2v) is 5.05. The Labute approximate surface area is 122 Å². The second kappa shape index (κ2) is 8.82. The minimum absolute atomic E-state index is 0.122. The van der Waals surface area contributed by atoms with Crippen LogP contribution in [0.25, 0.3) is 0 Å². The Kier molecular flexibility index (Phi) is 7.41. The Balaban J connectivity index is 2.75. The van der Waals surface area contributed by atoms with E-state index in [0.29, 0.717) is 13.2 Å². The maximum atomic E-state index is 9.18. The Bertz CT molecular complexity index is 389. The van der Waals surface area contributed by atoms with Crippen LogP contribution in [0.4, 0.5) is 0 Å². The number of hydrogen-bond acceptors (Lipinski definition) is 4. The molecule has 0 spiro atoms. The predicted molar refractivity (Wildman–Crippen MR) is 81.4 cm³/mol. The number of hydrogen-bond donors (Lipinski definition) is 2. The van der Waals surface area contributed by atoms with Gasteiger partial charge in [-0.3, -0.25) is 0 Å². The summed E-state index contributed by atoms with van der Waals surface area (Å²) in [6.07, 6.45) is 1.03. The average Bonchev–Trinajstić information content (AvgIpc) is 2.42. The molecule has 2 N–H and O–H groups in total. The van der Waals surface area contributed by atoms with E-state index < -0.39 is 0 Å². The van der Waals surface area contributed by atoms with Crippen LogP contribution in [0.2, 0.25) is 0 Å². The SMILES string of the molecule is CCOc1cc(CN[C@H](CC)CO)ccc1OC(C)C. The topological polar surface area (TPSA) is 50.7 Å². The first kappa shape index (κ1) is 16.8. The van der Waals surface area contributed by atoms with E-state index in [0.717, 1.165) is 23.5 Å². The van der Waals surface area contributed by atoms with E-state index in [1.54, 1.807) is 0 Å². The summed E-state index contributed by atoms with van der Waals surface area (Å²) < 4.78 is 11.4. The summed E-state index contributed by atoms with van der Waals surface area (Å²) in [7, 11) is 0. The highest BCUT2D eigenvalue weighted by Gasteiger charge is 2.09. The van der Waals surface area contributed by atoms with Crippen LogP contribution in [0, 0.1) is 0 Å². The maximum absolute atomic E-state index is 9.18. The van der Waals surface area contributed by atoms with Crippen molar-refractivity contribution in [2.45, 2.75) is 52.8 Å². The fraction of sp³-hybridized carbons (Fsp3) is 0.625. The quantitative estimate of drug-likeness (QED) is 0.731. The molecule has 0 amide bonds. The molecule has 0 aromatic heterocycles. The molecule has 4 heteroatoms. The summed E-state index contributed by atoms with van der Waals surface area (Å²) in [5, 5.41) is 12.5. The highest BCUT2D eigenvalue weighted by molar-refractivity contribution is 5.43. The van der Waals surface area contributed by atoms with Gasteiger partial charge in [-0.05, 0) is 44.9 Å². The van der Waals surface area contributed by atoms with E-state index in [1.165, 1.54) is 0 Å². The Morgan fingerprint density at radius 2 is 1.95 bits per heavy atom. The molecule has 0 aliphatic heterocycles. The Morgan fingerprint density at radius 3 is 2.50 bits per heavy atom. The summed E-state index contributed by atoms with van der Waals surface area (Å²) in [5.74, 6) is 1.55. The van der Waals surface area contributed by atoms with Gasteiger partial charge in [0.05, 0.1) is 19.3 Å². The molecule has 20 heavy (non-hydrogen) atoms. The lowest BCUT2D eigenvalue weighted by Crippen LogP contribution is -2.31. The number of ether oxygens (including phenoxy) is 2. The fourth-order valence-corrected chi connectivity index (χ4v) is 1.88. The van der Waals surface area contributed by atoms with Gasteiger partial charge in [0.2, 0.25) is 0 Å². The Hall–Kier alpha value is -1.26. The summed E-state index contributed by atoms with van der Waals surface area (Å²) in [5.41, 5.74) is 1.12. The molecule has 0 aliphatic carbocycles. The van der Waals surface area contributed by atoms with E-state index in [4.69, 9.17) is 9.47 Å². The molecule has 0 saturated carbocycles. The van der Waals surface area contributed by atoms with Gasteiger partial charge in [-0.15, -0.1) is 0 Å². The molecule has 0 unspecified atom stereocenters. The molecule has 0 heterocycles. The molecule has 1 aromatic carbocycles. The van der Waals surface area contributed by atoms with Gasteiger partial charge < -0.3 is 19.9 Å². The van der Waals surface area contributed by atoms with Gasteiger partial charge in [-0.25, -0.2) is 0 Å². The zero-order valence-electron chi connectivity index (χ0n) is 13.0. The van der Waals surface area contributed by atoms with Gasteiger partial charge in [0, 0.05) is 12.6 Å². The first-order valence-corrected chi connectivity index (χ1v) is 7.37. The van der Waals surface area contributed by atoms with Crippen LogP contribution < -0.4 is 14.8 Å². The molecule has 4 nitrogen and oxygen atoms in total. The van der Waals surface area contributed by atoms with Crippen molar-refractivity contribution >= 4 is 0 Å². The van der Waals surface area contributed by atoms with E-state index in [-0.39, 0.29) is 18.8 Å². The third-order valence-electron chi connectivity index (χ3n) is 2.98. The first-order chi connectivity index (χ1) is 9.60. The van der Waals surface area contributed by atoms with Crippen molar-refractivity contribution in [3.8, 4) is 11.5 Å². The maximum Gasteiger partial charge on any atom is 0.161 e. The monoisotopic (exact) mass is 281 g/mol. The van der Waals surface area contributed by atoms with Crippen LogP contribution in [0.5, 0.6) is 11.5 Å². The van der Waals surface area contributed by atoms with Crippen LogP contribution >= 0.6 is 0 Å². The van der Waals surface area contributed by atoms with E-state index >= 15 is 0 Å². The molecule has 0 saturated heterocycles. The van der Waals surface area contributed by atoms with Crippen molar-refractivity contribution < 1.29 is 14.6 Å². The van der Waals surface area contributed by atoms with Crippen molar-refractivity contribution in [2.75, 3.05) is 13.2 Å². The molecule has 0 aliphatic rings. The van der Waals surface area contributed by atoms with Crippen molar-refractivity contribution in [3.05, 3.63) is 23.8 Å². The third-order valence-corrected chi connectivity index (χ3v) is 2.98. The molecule has 0 bridgehead atoms. The predicted octanol–water partition coefficient (Wildman–Crippen LogP) is 2.73. The average molecular weight is 281 g/mol. The van der Waals surface area contributed by atoms with Gasteiger partial charge >= 0.3 is 0 Å². The van der Waals surface area contributed by atoms with Crippen molar-refractivity contribution in [1.29, 1.82) is 0 Å². The van der Waals surface area contributed by atoms with Crippen molar-refractivity contribution in [1.82, 2.24) is 5.32 Å². The van der Waals surface area contributed by atoms with Crippen molar-refractivity contribution in [3.63, 3.8) is 0 Å². The van der Waals surface area contributed by atoms with Gasteiger partial charge in [-0.2, -0.15) is 0 Å². The van der Waals surface area contributed by atoms with Crippen LogP contribution in [-0.4, -0.2) is 30.5 Å². The number of nitrogens with one attached hydrogen (secondary N) is 1. The van der Waals surface area contributed by atoms with Gasteiger partial charge in [-0.1, -0.05) is 13.0 Å². The van der Waals surface area contributed by atoms with Gasteiger partial charge in [0.1, 0.15) is 0 Å². The molecular weight excluding hydrogens is 254 g/mol. The summed E-state index contributed by atoms with van der Waals surface area (Å²) in [6, 6.07) is 6.11. The van der Waals surface area contributed by atoms with Gasteiger partial charge in [0.15, 0.2) is 11.5 Å². The van der Waals surface area contributed by atoms with Crippen molar-refractivity contribution in [2.24, 2.45) is 0 Å². The summed E-state index contributed by atoms with van der Waals surface area (Å²) in [6.45, 7) is 9.49. The largest absolute Gasteiger partial charge is 0.490 e. The molecule has 0 fully saturated rings. The van der Waals surface area contributed by atoms with Crippen LogP contribution in [0.1, 0.15) is 39.7 Å². The highest BCUT2D eigenvalue weighted by Crippen LogP contribution is 2.29. The molecule has 1 atom stereocenters. The zero-order valence-corrected chi connectivity index (χ0v) is 13.0. The van der Waals surface area contributed by atoms with Crippen LogP contribution in [0.3, 0.4) is 0 Å². The third kappa shape index (κ3) is 5.39. The van der Waals surface area contributed by atoms with Crippen LogP contribution in [0.15, 0.2) is 18.2 Å². The molecule has 1 rings (SSSR count). The second-order valence-electron chi connectivity index (χ2n) is 5.05. The number of benzene rings is 1. The van der Waals surface area contributed by atoms with E-state index in [9.17, 15) is 5.11 Å². The fourth-order valence-electron chi connectivity index (χ4n) is 1.88. The normalized spacial score (nSPS) is 12.5. The molecular formula is C16H27NO3. The number of rotatable bonds is 9. The smallest absolute Gasteiger partial charge is 0.161 e. The first-order valence-electron chi connectivity index (χ1n) is 7.37. The number of aliphatic hydroxyl groups is 1. The summed E-state index contributed by atoms with van der Waals surface area (Å²) >= 11 is 0. The minimum Gasteiger partial charge on any atom is -0.490 e. The molecule has 1 aromatic rings. The lowest BCUT2D eigenvalue weighted by Gasteiger charge is -2.17. The lowest BCUT2D eigenvalue weighted by atomic mass is 10.1. The van der Waals surface area contributed by atoms with E-state index in [2.05, 4.69) is 12.2 Å². The lowest BCUT2D eigenvalue weighted by molar-refractivity contribution is 0.223. The summed E-state index contributed by atoms with van der Waals surface area (Å²) in [4.78, 5) is 0.